The van der Waals surface area contributed by atoms with Crippen molar-refractivity contribution in [3.63, 3.8) is 0 Å². The van der Waals surface area contributed by atoms with E-state index in [4.69, 9.17) is 19.4 Å². The SMILES string of the molecule is c1ccc(-c2nc(-c3ccc4c(c3)sc3ccccc34)nc(-c3cccc4oc5c(ccc6ccc7ccccc7c65)c34)n2)cc1. The normalized spacial score (nSPS) is 11.9. The van der Waals surface area contributed by atoms with Gasteiger partial charge in [-0.3, -0.25) is 0 Å². The molecule has 7 aromatic carbocycles. The van der Waals surface area contributed by atoms with Crippen molar-refractivity contribution < 1.29 is 4.42 Å². The number of furan rings is 1. The van der Waals surface area contributed by atoms with E-state index in [-0.39, 0.29) is 0 Å². The van der Waals surface area contributed by atoms with E-state index in [0.717, 1.165) is 49.4 Å². The van der Waals surface area contributed by atoms with Gasteiger partial charge in [0.1, 0.15) is 11.2 Å². The summed E-state index contributed by atoms with van der Waals surface area (Å²) in [6.45, 7) is 0. The molecule has 0 amide bonds. The molecule has 0 saturated heterocycles. The van der Waals surface area contributed by atoms with E-state index >= 15 is 0 Å². The molecule has 0 saturated carbocycles. The molecule has 46 heavy (non-hydrogen) atoms. The van der Waals surface area contributed by atoms with Crippen LogP contribution in [-0.4, -0.2) is 15.0 Å². The molecule has 0 aliphatic heterocycles. The van der Waals surface area contributed by atoms with Gasteiger partial charge in [-0.1, -0.05) is 115 Å². The topological polar surface area (TPSA) is 51.8 Å². The van der Waals surface area contributed by atoms with Crippen LogP contribution in [0.3, 0.4) is 0 Å². The highest BCUT2D eigenvalue weighted by Gasteiger charge is 2.20. The third-order valence-corrected chi connectivity index (χ3v) is 10.0. The standard InChI is InChI=1S/C41H23N3OS/c1-2-10-26(11-3-1)39-42-40(27-20-21-30-29-13-6-7-16-34(29)46-35(30)23-27)44-41(43-39)32-14-8-15-33-37(32)31-22-19-25-18-17-24-9-4-5-12-28(24)36(25)38(31)45-33/h1-23H. The molecule has 0 unspecified atom stereocenters. The van der Waals surface area contributed by atoms with Crippen molar-refractivity contribution in [2.24, 2.45) is 0 Å². The van der Waals surface area contributed by atoms with Crippen LogP contribution in [-0.2, 0) is 0 Å². The van der Waals surface area contributed by atoms with Crippen molar-refractivity contribution >= 4 is 75.0 Å². The lowest BCUT2D eigenvalue weighted by Crippen LogP contribution is -2.00. The zero-order valence-electron chi connectivity index (χ0n) is 24.4. The number of aromatic nitrogens is 3. The van der Waals surface area contributed by atoms with Crippen LogP contribution >= 0.6 is 11.3 Å². The average Bonchev–Trinajstić information content (AvgIpc) is 3.70. The quantitative estimate of drug-likeness (QED) is 0.188. The van der Waals surface area contributed by atoms with Crippen molar-refractivity contribution in [2.75, 3.05) is 0 Å². The first-order chi connectivity index (χ1) is 22.8. The number of fused-ring (bicyclic) bond motifs is 10. The van der Waals surface area contributed by atoms with Gasteiger partial charge >= 0.3 is 0 Å². The maximum Gasteiger partial charge on any atom is 0.164 e. The Morgan fingerprint density at radius 2 is 1.13 bits per heavy atom. The summed E-state index contributed by atoms with van der Waals surface area (Å²) in [7, 11) is 0. The first-order valence-corrected chi connectivity index (χ1v) is 16.1. The van der Waals surface area contributed by atoms with Crippen LogP contribution in [0.1, 0.15) is 0 Å². The number of thiophene rings is 1. The molecule has 0 atom stereocenters. The van der Waals surface area contributed by atoms with Crippen LogP contribution in [0.5, 0.6) is 0 Å². The second-order valence-corrected chi connectivity index (χ2v) is 12.7. The van der Waals surface area contributed by atoms with E-state index in [2.05, 4.69) is 97.1 Å². The van der Waals surface area contributed by atoms with Gasteiger partial charge in [0.05, 0.1) is 0 Å². The van der Waals surface area contributed by atoms with Gasteiger partial charge in [-0.05, 0) is 40.4 Å². The zero-order chi connectivity index (χ0) is 30.2. The minimum Gasteiger partial charge on any atom is -0.455 e. The van der Waals surface area contributed by atoms with E-state index in [1.54, 1.807) is 11.3 Å². The lowest BCUT2D eigenvalue weighted by atomic mass is 9.98. The molecule has 3 aromatic heterocycles. The number of hydrogen-bond donors (Lipinski definition) is 0. The monoisotopic (exact) mass is 605 g/mol. The summed E-state index contributed by atoms with van der Waals surface area (Å²) in [4.78, 5) is 15.3. The molecule has 0 spiro atoms. The number of hydrogen-bond acceptors (Lipinski definition) is 5. The van der Waals surface area contributed by atoms with Gasteiger partial charge in [0.15, 0.2) is 17.5 Å². The number of nitrogens with zero attached hydrogens (tertiary/aromatic N) is 3. The molecule has 0 aliphatic rings. The summed E-state index contributed by atoms with van der Waals surface area (Å²) in [5.74, 6) is 1.90. The Balaban J connectivity index is 1.24. The summed E-state index contributed by atoms with van der Waals surface area (Å²) in [6.07, 6.45) is 0. The fourth-order valence-corrected chi connectivity index (χ4v) is 7.91. The lowest BCUT2D eigenvalue weighted by Gasteiger charge is -2.09. The Hall–Kier alpha value is -5.91. The van der Waals surface area contributed by atoms with E-state index in [9.17, 15) is 0 Å². The molecule has 0 radical (unpaired) electrons. The molecule has 0 N–H and O–H groups in total. The molecule has 3 heterocycles. The molecular formula is C41H23N3OS. The van der Waals surface area contributed by atoms with E-state index in [0.29, 0.717) is 17.5 Å². The molecule has 214 valence electrons. The highest BCUT2D eigenvalue weighted by molar-refractivity contribution is 7.25. The molecule has 10 aromatic rings. The van der Waals surface area contributed by atoms with Crippen LogP contribution in [0.15, 0.2) is 144 Å². The van der Waals surface area contributed by atoms with Gasteiger partial charge in [-0.2, -0.15) is 0 Å². The van der Waals surface area contributed by atoms with Gasteiger partial charge in [0.2, 0.25) is 0 Å². The second kappa shape index (κ2) is 9.80. The summed E-state index contributed by atoms with van der Waals surface area (Å²) >= 11 is 1.79. The maximum atomic E-state index is 6.67. The van der Waals surface area contributed by atoms with E-state index < -0.39 is 0 Å². The predicted molar refractivity (Wildman–Crippen MR) is 191 cm³/mol. The average molecular weight is 606 g/mol. The minimum atomic E-state index is 0.617. The highest BCUT2D eigenvalue weighted by atomic mass is 32.1. The van der Waals surface area contributed by atoms with Gasteiger partial charge in [-0.25, -0.2) is 15.0 Å². The first kappa shape index (κ1) is 25.4. The Labute approximate surface area is 267 Å². The lowest BCUT2D eigenvalue weighted by molar-refractivity contribution is 0.673. The van der Waals surface area contributed by atoms with E-state index in [1.165, 1.54) is 30.9 Å². The maximum absolute atomic E-state index is 6.67. The van der Waals surface area contributed by atoms with Crippen LogP contribution < -0.4 is 0 Å². The molecular weight excluding hydrogens is 583 g/mol. The smallest absolute Gasteiger partial charge is 0.164 e. The van der Waals surface area contributed by atoms with Crippen molar-refractivity contribution in [2.45, 2.75) is 0 Å². The molecule has 10 rings (SSSR count). The highest BCUT2D eigenvalue weighted by Crippen LogP contribution is 2.42. The largest absolute Gasteiger partial charge is 0.455 e. The summed E-state index contributed by atoms with van der Waals surface area (Å²) < 4.78 is 9.16. The van der Waals surface area contributed by atoms with Crippen LogP contribution in [0.4, 0.5) is 0 Å². The van der Waals surface area contributed by atoms with E-state index in [1.807, 2.05) is 42.5 Å². The molecule has 0 fully saturated rings. The first-order valence-electron chi connectivity index (χ1n) is 15.3. The third kappa shape index (κ3) is 3.82. The van der Waals surface area contributed by atoms with Crippen LogP contribution in [0.25, 0.3) is 97.8 Å². The summed E-state index contributed by atoms with van der Waals surface area (Å²) in [5.41, 5.74) is 4.51. The molecule has 0 bridgehead atoms. The summed E-state index contributed by atoms with van der Waals surface area (Å²) in [5, 5.41) is 9.20. The van der Waals surface area contributed by atoms with Crippen molar-refractivity contribution in [3.05, 3.63) is 140 Å². The van der Waals surface area contributed by atoms with Gasteiger partial charge in [-0.15, -0.1) is 11.3 Å². The molecule has 5 heteroatoms. The Bertz CT molecular complexity index is 2820. The Morgan fingerprint density at radius 3 is 2.04 bits per heavy atom. The zero-order valence-corrected chi connectivity index (χ0v) is 25.3. The Kier molecular flexibility index (Phi) is 5.41. The fraction of sp³-hybridized carbons (Fsp3) is 0. The predicted octanol–water partition coefficient (Wildman–Crippen LogP) is 11.4. The van der Waals surface area contributed by atoms with Gasteiger partial charge in [0, 0.05) is 53.0 Å². The van der Waals surface area contributed by atoms with Crippen molar-refractivity contribution in [1.29, 1.82) is 0 Å². The van der Waals surface area contributed by atoms with Crippen molar-refractivity contribution in [3.8, 4) is 34.2 Å². The number of benzene rings is 7. The minimum absolute atomic E-state index is 0.617. The van der Waals surface area contributed by atoms with Gasteiger partial charge in [0.25, 0.3) is 0 Å². The van der Waals surface area contributed by atoms with Gasteiger partial charge < -0.3 is 4.42 Å². The van der Waals surface area contributed by atoms with Crippen LogP contribution in [0, 0.1) is 0 Å². The molecule has 4 nitrogen and oxygen atoms in total. The molecule has 0 aliphatic carbocycles. The fourth-order valence-electron chi connectivity index (χ4n) is 6.76. The van der Waals surface area contributed by atoms with Crippen molar-refractivity contribution in [1.82, 2.24) is 15.0 Å². The Morgan fingerprint density at radius 1 is 0.435 bits per heavy atom. The van der Waals surface area contributed by atoms with Crippen LogP contribution in [0.2, 0.25) is 0 Å². The third-order valence-electron chi connectivity index (χ3n) is 8.92. The summed E-state index contributed by atoms with van der Waals surface area (Å²) in [6, 6.07) is 48.5. The number of rotatable bonds is 3. The second-order valence-electron chi connectivity index (χ2n) is 11.6.